The summed E-state index contributed by atoms with van der Waals surface area (Å²) in [7, 11) is 0. The number of aliphatic hydroxyl groups is 1. The molecule has 4 fully saturated rings. The highest BCUT2D eigenvalue weighted by atomic mass is 19.3. The van der Waals surface area contributed by atoms with Crippen molar-refractivity contribution in [2.24, 2.45) is 34.5 Å². The standard InChI is InChI=1S/C27H34F2O3/c1-26-11-9-19(30)15-18(26)5-8-21-22(26)10-12-27(2)23(21)14-17(24(27)31)13-16-3-6-20(7-4-16)32-25(28)29/h3-4,6-7,13,18-19,21-23,25,30H,5,8-12,14-15H2,1-2H3/b17-13+/t18-,19-,21-,22+,23+,26-,27+/m0/s1. The Morgan fingerprint density at radius 3 is 2.53 bits per heavy atom. The summed E-state index contributed by atoms with van der Waals surface area (Å²) in [5.41, 5.74) is 1.74. The second kappa shape index (κ2) is 7.93. The van der Waals surface area contributed by atoms with E-state index in [-0.39, 0.29) is 23.1 Å². The van der Waals surface area contributed by atoms with Crippen molar-refractivity contribution < 1.29 is 23.4 Å². The number of rotatable bonds is 3. The van der Waals surface area contributed by atoms with Gasteiger partial charge in [-0.2, -0.15) is 8.78 Å². The van der Waals surface area contributed by atoms with Gasteiger partial charge < -0.3 is 9.84 Å². The van der Waals surface area contributed by atoms with E-state index in [0.29, 0.717) is 29.1 Å². The summed E-state index contributed by atoms with van der Waals surface area (Å²) in [6.45, 7) is 1.80. The van der Waals surface area contributed by atoms with Crippen LogP contribution in [0.1, 0.15) is 70.8 Å². The van der Waals surface area contributed by atoms with Crippen LogP contribution in [0.4, 0.5) is 8.78 Å². The third kappa shape index (κ3) is 3.52. The summed E-state index contributed by atoms with van der Waals surface area (Å²) >= 11 is 0. The van der Waals surface area contributed by atoms with Crippen LogP contribution >= 0.6 is 0 Å². The molecule has 1 aromatic rings. The van der Waals surface area contributed by atoms with Crippen LogP contribution in [0.25, 0.3) is 6.08 Å². The first-order valence-corrected chi connectivity index (χ1v) is 12.2. The molecule has 0 heterocycles. The first-order valence-electron chi connectivity index (χ1n) is 12.2. The molecular weight excluding hydrogens is 410 g/mol. The van der Waals surface area contributed by atoms with Crippen LogP contribution < -0.4 is 4.74 Å². The molecule has 174 valence electrons. The summed E-state index contributed by atoms with van der Waals surface area (Å²) in [4.78, 5) is 13.5. The third-order valence-corrected chi connectivity index (χ3v) is 9.72. The molecule has 5 rings (SSSR count). The maximum atomic E-state index is 13.5. The Bertz CT molecular complexity index is 910. The van der Waals surface area contributed by atoms with Crippen molar-refractivity contribution in [2.75, 3.05) is 0 Å². The number of Topliss-reactive ketones (excluding diaryl/α,β-unsaturated/α-hetero) is 1. The normalized spacial score (nSPS) is 42.5. The van der Waals surface area contributed by atoms with Crippen molar-refractivity contribution in [1.82, 2.24) is 0 Å². The molecule has 0 spiro atoms. The molecule has 32 heavy (non-hydrogen) atoms. The van der Waals surface area contributed by atoms with E-state index in [9.17, 15) is 18.7 Å². The predicted octanol–water partition coefficient (Wildman–Crippen LogP) is 6.25. The number of hydrogen-bond acceptors (Lipinski definition) is 3. The van der Waals surface area contributed by atoms with Crippen LogP contribution in [0.3, 0.4) is 0 Å². The Morgan fingerprint density at radius 1 is 1.06 bits per heavy atom. The van der Waals surface area contributed by atoms with E-state index in [1.165, 1.54) is 18.6 Å². The Labute approximate surface area is 189 Å². The molecule has 4 aliphatic rings. The van der Waals surface area contributed by atoms with Gasteiger partial charge in [0.25, 0.3) is 0 Å². The highest BCUT2D eigenvalue weighted by Gasteiger charge is 2.61. The number of benzene rings is 1. The molecular formula is C27H34F2O3. The number of aliphatic hydroxyl groups excluding tert-OH is 1. The topological polar surface area (TPSA) is 46.5 Å². The van der Waals surface area contributed by atoms with Gasteiger partial charge >= 0.3 is 6.61 Å². The molecule has 5 heteroatoms. The van der Waals surface area contributed by atoms with Crippen LogP contribution in [0.15, 0.2) is 29.8 Å². The SMILES string of the molecule is C[C@]12CC[C@H](O)C[C@@H]1CC[C@H]1[C@H]2CC[C@@]2(C)C(=O)/C(=C/c3ccc(OC(F)F)cc3)C[C@H]12. The lowest BCUT2D eigenvalue weighted by Crippen LogP contribution is -2.54. The minimum absolute atomic E-state index is 0.131. The molecule has 0 bridgehead atoms. The first kappa shape index (κ1) is 22.1. The van der Waals surface area contributed by atoms with Gasteiger partial charge in [0.15, 0.2) is 5.78 Å². The van der Waals surface area contributed by atoms with Gasteiger partial charge in [-0.05, 0) is 110 Å². The van der Waals surface area contributed by atoms with Crippen molar-refractivity contribution in [3.05, 3.63) is 35.4 Å². The second-order valence-electron chi connectivity index (χ2n) is 11.2. The fourth-order valence-corrected chi connectivity index (χ4v) is 7.98. The summed E-state index contributed by atoms with van der Waals surface area (Å²) < 4.78 is 29.2. The van der Waals surface area contributed by atoms with Crippen molar-refractivity contribution in [3.63, 3.8) is 0 Å². The Morgan fingerprint density at radius 2 is 1.81 bits per heavy atom. The molecule has 0 saturated heterocycles. The van der Waals surface area contributed by atoms with Crippen LogP contribution in [0.2, 0.25) is 0 Å². The van der Waals surface area contributed by atoms with Gasteiger partial charge in [0.1, 0.15) is 5.75 Å². The summed E-state index contributed by atoms with van der Waals surface area (Å²) in [5.74, 6) is 2.61. The van der Waals surface area contributed by atoms with E-state index in [0.717, 1.165) is 56.1 Å². The maximum absolute atomic E-state index is 13.5. The highest BCUT2D eigenvalue weighted by Crippen LogP contribution is 2.66. The molecule has 0 aliphatic heterocycles. The fourth-order valence-electron chi connectivity index (χ4n) is 7.98. The van der Waals surface area contributed by atoms with E-state index < -0.39 is 6.61 Å². The van der Waals surface area contributed by atoms with E-state index in [1.807, 2.05) is 6.08 Å². The zero-order valence-electron chi connectivity index (χ0n) is 19.0. The molecule has 7 atom stereocenters. The molecule has 4 aliphatic carbocycles. The van der Waals surface area contributed by atoms with Crippen LogP contribution in [-0.4, -0.2) is 23.6 Å². The monoisotopic (exact) mass is 444 g/mol. The Kier molecular flexibility index (Phi) is 5.47. The average molecular weight is 445 g/mol. The second-order valence-corrected chi connectivity index (χ2v) is 11.2. The molecule has 0 amide bonds. The van der Waals surface area contributed by atoms with E-state index in [4.69, 9.17) is 0 Å². The van der Waals surface area contributed by atoms with Crippen LogP contribution in [0, 0.1) is 34.5 Å². The number of fused-ring (bicyclic) bond motifs is 5. The Hall–Kier alpha value is -1.75. The van der Waals surface area contributed by atoms with Crippen molar-refractivity contribution in [2.45, 2.75) is 77.9 Å². The van der Waals surface area contributed by atoms with Gasteiger partial charge in [-0.15, -0.1) is 0 Å². The largest absolute Gasteiger partial charge is 0.435 e. The van der Waals surface area contributed by atoms with Crippen molar-refractivity contribution in [1.29, 1.82) is 0 Å². The third-order valence-electron chi connectivity index (χ3n) is 9.72. The van der Waals surface area contributed by atoms with E-state index >= 15 is 0 Å². The van der Waals surface area contributed by atoms with E-state index in [2.05, 4.69) is 18.6 Å². The van der Waals surface area contributed by atoms with Crippen molar-refractivity contribution >= 4 is 11.9 Å². The predicted molar refractivity (Wildman–Crippen MR) is 119 cm³/mol. The first-order chi connectivity index (χ1) is 15.2. The summed E-state index contributed by atoms with van der Waals surface area (Å²) in [6, 6.07) is 6.54. The smallest absolute Gasteiger partial charge is 0.387 e. The number of ketones is 1. The number of halogens is 2. The molecule has 0 radical (unpaired) electrons. The number of allylic oxidation sites excluding steroid dienone is 1. The molecule has 1 N–H and O–H groups in total. The van der Waals surface area contributed by atoms with E-state index in [1.54, 1.807) is 12.1 Å². The highest BCUT2D eigenvalue weighted by molar-refractivity contribution is 6.05. The number of hydrogen-bond donors (Lipinski definition) is 1. The van der Waals surface area contributed by atoms with Gasteiger partial charge in [0.2, 0.25) is 0 Å². The number of ether oxygens (including phenoxy) is 1. The van der Waals surface area contributed by atoms with Crippen LogP contribution in [0.5, 0.6) is 5.75 Å². The lowest BCUT2D eigenvalue weighted by Gasteiger charge is -2.59. The molecule has 0 unspecified atom stereocenters. The zero-order chi connectivity index (χ0) is 22.7. The van der Waals surface area contributed by atoms with Crippen molar-refractivity contribution in [3.8, 4) is 5.75 Å². The molecule has 4 saturated carbocycles. The minimum Gasteiger partial charge on any atom is -0.435 e. The lowest BCUT2D eigenvalue weighted by molar-refractivity contribution is -0.141. The molecule has 1 aromatic carbocycles. The zero-order valence-corrected chi connectivity index (χ0v) is 19.0. The minimum atomic E-state index is -2.84. The number of carbonyl (C=O) groups excluding carboxylic acids is 1. The molecule has 3 nitrogen and oxygen atoms in total. The quantitative estimate of drug-likeness (QED) is 0.560. The Balaban J connectivity index is 1.38. The van der Waals surface area contributed by atoms with Gasteiger partial charge in [0.05, 0.1) is 6.10 Å². The summed E-state index contributed by atoms with van der Waals surface area (Å²) in [6.07, 6.45) is 9.97. The fraction of sp³-hybridized carbons (Fsp3) is 0.667. The molecule has 0 aromatic heterocycles. The van der Waals surface area contributed by atoms with Gasteiger partial charge in [-0.3, -0.25) is 4.79 Å². The average Bonchev–Trinajstić information content (AvgIpc) is 3.00. The number of carbonyl (C=O) groups is 1. The van der Waals surface area contributed by atoms with Gasteiger partial charge in [0, 0.05) is 5.41 Å². The van der Waals surface area contributed by atoms with Crippen LogP contribution in [-0.2, 0) is 4.79 Å². The number of alkyl halides is 2. The lowest BCUT2D eigenvalue weighted by atomic mass is 9.45. The van der Waals surface area contributed by atoms with Gasteiger partial charge in [-0.1, -0.05) is 26.0 Å². The van der Waals surface area contributed by atoms with Gasteiger partial charge in [-0.25, -0.2) is 0 Å². The maximum Gasteiger partial charge on any atom is 0.387 e. The summed E-state index contributed by atoms with van der Waals surface area (Å²) in [5, 5.41) is 10.2.